The lowest BCUT2D eigenvalue weighted by atomic mass is 9.89. The highest BCUT2D eigenvalue weighted by molar-refractivity contribution is 6.29. The van der Waals surface area contributed by atoms with E-state index < -0.39 is 11.6 Å². The molecule has 0 unspecified atom stereocenters. The van der Waals surface area contributed by atoms with Gasteiger partial charge < -0.3 is 5.11 Å². The first-order valence-electron chi connectivity index (χ1n) is 8.10. The fourth-order valence-electron chi connectivity index (χ4n) is 3.12. The number of hydrogen-bond acceptors (Lipinski definition) is 4. The number of hydrogen-bond donors (Lipinski definition) is 2. The number of phenolic OH excluding ortho intramolecular Hbond substituents is 1. The van der Waals surface area contributed by atoms with Crippen molar-refractivity contribution in [1.82, 2.24) is 4.98 Å². The highest BCUT2D eigenvalue weighted by Crippen LogP contribution is 2.35. The SMILES string of the molecule is Cc1cc(F)c(O)cc1-c1ncccc1C1=CCC2=NC=NC(=N)C2=C1. The van der Waals surface area contributed by atoms with Gasteiger partial charge in [-0.3, -0.25) is 10.4 Å². The molecule has 5 nitrogen and oxygen atoms in total. The molecule has 6 heteroatoms. The number of aromatic hydroxyl groups is 1. The van der Waals surface area contributed by atoms with Crippen molar-refractivity contribution in [2.75, 3.05) is 0 Å². The van der Waals surface area contributed by atoms with Crippen molar-refractivity contribution in [2.45, 2.75) is 13.3 Å². The van der Waals surface area contributed by atoms with Crippen molar-refractivity contribution in [2.24, 2.45) is 9.98 Å². The molecular weight excluding hydrogens is 331 g/mol. The van der Waals surface area contributed by atoms with Crippen molar-refractivity contribution in [3.63, 3.8) is 0 Å². The molecule has 0 spiro atoms. The highest BCUT2D eigenvalue weighted by atomic mass is 19.1. The number of amidine groups is 1. The van der Waals surface area contributed by atoms with Crippen molar-refractivity contribution in [1.29, 1.82) is 5.41 Å². The minimum absolute atomic E-state index is 0.182. The molecule has 2 N–H and O–H groups in total. The van der Waals surface area contributed by atoms with Crippen LogP contribution in [0, 0.1) is 18.2 Å². The number of rotatable bonds is 2. The molecule has 4 rings (SSSR count). The second-order valence-electron chi connectivity index (χ2n) is 6.11. The topological polar surface area (TPSA) is 81.7 Å². The number of aromatic nitrogens is 1. The van der Waals surface area contributed by atoms with Crippen LogP contribution in [0.1, 0.15) is 17.5 Å². The third-order valence-corrected chi connectivity index (χ3v) is 4.45. The molecule has 1 aliphatic carbocycles. The summed E-state index contributed by atoms with van der Waals surface area (Å²) < 4.78 is 13.6. The summed E-state index contributed by atoms with van der Waals surface area (Å²) in [5.41, 5.74) is 5.24. The van der Waals surface area contributed by atoms with Crippen molar-refractivity contribution < 1.29 is 9.50 Å². The van der Waals surface area contributed by atoms with Crippen LogP contribution in [-0.4, -0.2) is 28.0 Å². The zero-order valence-electron chi connectivity index (χ0n) is 14.0. The van der Waals surface area contributed by atoms with Gasteiger partial charge in [0, 0.05) is 29.3 Å². The molecule has 128 valence electrons. The number of aryl methyl sites for hydroxylation is 1. The van der Waals surface area contributed by atoms with Crippen molar-refractivity contribution in [3.05, 3.63) is 65.1 Å². The number of phenols is 1. The summed E-state index contributed by atoms with van der Waals surface area (Å²) in [4.78, 5) is 12.6. The number of fused-ring (bicyclic) bond motifs is 1. The maximum Gasteiger partial charge on any atom is 0.165 e. The molecule has 2 aromatic rings. The molecule has 2 heterocycles. The Bertz CT molecular complexity index is 1060. The van der Waals surface area contributed by atoms with Gasteiger partial charge in [-0.15, -0.1) is 0 Å². The average Bonchev–Trinajstić information content (AvgIpc) is 2.65. The molecule has 0 atom stereocenters. The summed E-state index contributed by atoms with van der Waals surface area (Å²) >= 11 is 0. The van der Waals surface area contributed by atoms with E-state index in [0.717, 1.165) is 16.8 Å². The second-order valence-corrected chi connectivity index (χ2v) is 6.11. The summed E-state index contributed by atoms with van der Waals surface area (Å²) in [5.74, 6) is -0.880. The molecule has 26 heavy (non-hydrogen) atoms. The van der Waals surface area contributed by atoms with Gasteiger partial charge in [-0.05, 0) is 42.3 Å². The van der Waals surface area contributed by atoms with Crippen molar-refractivity contribution >= 4 is 23.5 Å². The van der Waals surface area contributed by atoms with Gasteiger partial charge in [0.05, 0.1) is 11.4 Å². The van der Waals surface area contributed by atoms with E-state index in [1.54, 1.807) is 13.1 Å². The summed E-state index contributed by atoms with van der Waals surface area (Å²) in [6, 6.07) is 6.44. The third kappa shape index (κ3) is 2.65. The summed E-state index contributed by atoms with van der Waals surface area (Å²) in [6.45, 7) is 1.78. The maximum absolute atomic E-state index is 13.6. The van der Waals surface area contributed by atoms with Gasteiger partial charge in [-0.25, -0.2) is 14.4 Å². The lowest BCUT2D eigenvalue weighted by Crippen LogP contribution is -2.17. The van der Waals surface area contributed by atoms with E-state index in [-0.39, 0.29) is 5.84 Å². The Morgan fingerprint density at radius 1 is 1.23 bits per heavy atom. The lowest BCUT2D eigenvalue weighted by Gasteiger charge is -2.19. The van der Waals surface area contributed by atoms with E-state index in [1.807, 2.05) is 24.3 Å². The van der Waals surface area contributed by atoms with Gasteiger partial charge in [0.25, 0.3) is 0 Å². The Hall–Kier alpha value is -3.41. The van der Waals surface area contributed by atoms with E-state index in [1.165, 1.54) is 18.5 Å². The van der Waals surface area contributed by atoms with E-state index >= 15 is 0 Å². The van der Waals surface area contributed by atoms with Crippen molar-refractivity contribution in [3.8, 4) is 17.0 Å². The van der Waals surface area contributed by atoms with Crippen LogP contribution in [0.2, 0.25) is 0 Å². The second kappa shape index (κ2) is 6.15. The molecule has 0 fully saturated rings. The number of nitrogens with zero attached hydrogens (tertiary/aromatic N) is 3. The number of pyridine rings is 1. The average molecular weight is 346 g/mol. The molecular formula is C20H15FN4O. The summed E-state index contributed by atoms with van der Waals surface area (Å²) in [5, 5.41) is 17.8. The van der Waals surface area contributed by atoms with Gasteiger partial charge in [0.15, 0.2) is 17.4 Å². The van der Waals surface area contributed by atoms with Crippen LogP contribution in [0.3, 0.4) is 0 Å². The molecule has 0 saturated carbocycles. The lowest BCUT2D eigenvalue weighted by molar-refractivity contribution is 0.432. The fraction of sp³-hybridized carbons (Fsp3) is 0.100. The normalized spacial score (nSPS) is 15.9. The Kier molecular flexibility index (Phi) is 3.80. The number of allylic oxidation sites excluding steroid dienone is 3. The molecule has 0 saturated heterocycles. The van der Waals surface area contributed by atoms with Crippen LogP contribution >= 0.6 is 0 Å². The first-order valence-corrected chi connectivity index (χ1v) is 8.10. The van der Waals surface area contributed by atoms with E-state index in [0.29, 0.717) is 28.8 Å². The van der Waals surface area contributed by atoms with Gasteiger partial charge in [0.2, 0.25) is 0 Å². The molecule has 0 radical (unpaired) electrons. The number of nitrogens with one attached hydrogen (secondary N) is 1. The summed E-state index contributed by atoms with van der Waals surface area (Å²) in [7, 11) is 0. The van der Waals surface area contributed by atoms with E-state index in [9.17, 15) is 9.50 Å². The first-order chi connectivity index (χ1) is 12.5. The van der Waals surface area contributed by atoms with Crippen LogP contribution in [0.5, 0.6) is 5.75 Å². The van der Waals surface area contributed by atoms with Gasteiger partial charge in [-0.2, -0.15) is 0 Å². The highest BCUT2D eigenvalue weighted by Gasteiger charge is 2.21. The molecule has 0 bridgehead atoms. The van der Waals surface area contributed by atoms with E-state index in [4.69, 9.17) is 5.41 Å². The first kappa shape index (κ1) is 16.1. The van der Waals surface area contributed by atoms with Gasteiger partial charge >= 0.3 is 0 Å². The predicted molar refractivity (Wildman–Crippen MR) is 100 cm³/mol. The Labute approximate surface area is 149 Å². The fourth-order valence-corrected chi connectivity index (χ4v) is 3.12. The standard InChI is InChI=1S/C20H15FN4O/c1-11-7-16(21)18(26)9-14(11)19-13(3-2-6-23-19)12-4-5-17-15(8-12)20(22)25-10-24-17/h2-4,6-10,22,26H,5H2,1H3. The molecule has 1 aromatic heterocycles. The van der Waals surface area contributed by atoms with Crippen LogP contribution in [0.15, 0.2) is 58.2 Å². The quantitative estimate of drug-likeness (QED) is 0.859. The molecule has 1 aliphatic heterocycles. The Morgan fingerprint density at radius 2 is 2.08 bits per heavy atom. The van der Waals surface area contributed by atoms with Crippen LogP contribution < -0.4 is 0 Å². The maximum atomic E-state index is 13.6. The monoisotopic (exact) mass is 346 g/mol. The Morgan fingerprint density at radius 3 is 2.92 bits per heavy atom. The largest absolute Gasteiger partial charge is 0.505 e. The number of aliphatic imine (C=N–C) groups is 2. The van der Waals surface area contributed by atoms with Crippen LogP contribution in [0.25, 0.3) is 16.8 Å². The number of benzene rings is 1. The minimum Gasteiger partial charge on any atom is -0.505 e. The predicted octanol–water partition coefficient (Wildman–Crippen LogP) is 4.08. The zero-order chi connectivity index (χ0) is 18.3. The third-order valence-electron chi connectivity index (χ3n) is 4.45. The van der Waals surface area contributed by atoms with Gasteiger partial charge in [-0.1, -0.05) is 12.1 Å². The summed E-state index contributed by atoms with van der Waals surface area (Å²) in [6.07, 6.45) is 7.55. The Balaban J connectivity index is 1.85. The minimum atomic E-state index is -0.655. The number of halogens is 1. The van der Waals surface area contributed by atoms with E-state index in [2.05, 4.69) is 15.0 Å². The van der Waals surface area contributed by atoms with Crippen LogP contribution in [-0.2, 0) is 0 Å². The zero-order valence-corrected chi connectivity index (χ0v) is 14.0. The smallest absolute Gasteiger partial charge is 0.165 e. The molecule has 1 aromatic carbocycles. The molecule has 0 amide bonds. The van der Waals surface area contributed by atoms with Gasteiger partial charge in [0.1, 0.15) is 6.34 Å². The molecule has 2 aliphatic rings. The van der Waals surface area contributed by atoms with Crippen LogP contribution in [0.4, 0.5) is 4.39 Å².